The second-order valence-corrected chi connectivity index (χ2v) is 21.0. The van der Waals surface area contributed by atoms with Crippen LogP contribution in [0.3, 0.4) is 0 Å². The summed E-state index contributed by atoms with van der Waals surface area (Å²) in [6.07, 6.45) is 57.9. The van der Waals surface area contributed by atoms with Crippen molar-refractivity contribution >= 4 is 13.7 Å². The van der Waals surface area contributed by atoms with E-state index in [-0.39, 0.29) is 12.5 Å². The second-order valence-electron chi connectivity index (χ2n) is 19.6. The van der Waals surface area contributed by atoms with Gasteiger partial charge in [0.05, 0.1) is 39.9 Å². The van der Waals surface area contributed by atoms with Gasteiger partial charge in [-0.15, -0.1) is 0 Å². The van der Waals surface area contributed by atoms with Crippen molar-refractivity contribution in [2.75, 3.05) is 40.9 Å². The molecule has 0 aromatic heterocycles. The minimum Gasteiger partial charge on any atom is -0.756 e. The van der Waals surface area contributed by atoms with E-state index in [1.165, 1.54) is 193 Å². The Morgan fingerprint density at radius 1 is 0.540 bits per heavy atom. The minimum absolute atomic E-state index is 0.00629. The molecule has 0 spiro atoms. The highest BCUT2D eigenvalue weighted by Gasteiger charge is 2.23. The molecular weight excluding hydrogens is 804 g/mol. The summed E-state index contributed by atoms with van der Waals surface area (Å²) in [5.41, 5.74) is 0. The van der Waals surface area contributed by atoms with Crippen LogP contribution in [0.2, 0.25) is 0 Å². The lowest BCUT2D eigenvalue weighted by molar-refractivity contribution is -0.870. The van der Waals surface area contributed by atoms with Crippen molar-refractivity contribution in [3.8, 4) is 0 Å². The number of unbranched alkanes of at least 4 members (excludes halogenated alkanes) is 32. The summed E-state index contributed by atoms with van der Waals surface area (Å²) < 4.78 is 23.3. The van der Waals surface area contributed by atoms with E-state index in [1.807, 2.05) is 27.2 Å². The number of aliphatic hydroxyl groups is 1. The van der Waals surface area contributed by atoms with Gasteiger partial charge in [-0.3, -0.25) is 9.36 Å². The average molecular weight is 909 g/mol. The zero-order valence-electron chi connectivity index (χ0n) is 42.3. The van der Waals surface area contributed by atoms with E-state index in [1.54, 1.807) is 6.08 Å². The molecule has 0 bridgehead atoms. The van der Waals surface area contributed by atoms with Crippen molar-refractivity contribution in [3.63, 3.8) is 0 Å². The predicted molar refractivity (Wildman–Crippen MR) is 270 cm³/mol. The van der Waals surface area contributed by atoms with Gasteiger partial charge >= 0.3 is 0 Å². The van der Waals surface area contributed by atoms with Crippen molar-refractivity contribution < 1.29 is 32.9 Å². The Labute approximate surface area is 391 Å². The molecule has 8 nitrogen and oxygen atoms in total. The smallest absolute Gasteiger partial charge is 0.268 e. The molecule has 0 aliphatic carbocycles. The van der Waals surface area contributed by atoms with Crippen molar-refractivity contribution in [3.05, 3.63) is 36.5 Å². The van der Waals surface area contributed by atoms with Crippen LogP contribution in [0.5, 0.6) is 0 Å². The van der Waals surface area contributed by atoms with Gasteiger partial charge in [0.2, 0.25) is 5.91 Å². The molecule has 3 atom stereocenters. The molecule has 0 aliphatic rings. The van der Waals surface area contributed by atoms with Crippen LogP contribution in [-0.2, 0) is 18.4 Å². The van der Waals surface area contributed by atoms with Gasteiger partial charge in [0.1, 0.15) is 13.2 Å². The minimum atomic E-state index is -4.60. The van der Waals surface area contributed by atoms with E-state index >= 15 is 0 Å². The number of hydrogen-bond acceptors (Lipinski definition) is 6. The molecule has 0 radical (unpaired) electrons. The number of phosphoric acid groups is 1. The molecule has 9 heteroatoms. The summed E-state index contributed by atoms with van der Waals surface area (Å²) in [6, 6.07) is -0.903. The van der Waals surface area contributed by atoms with Gasteiger partial charge in [0.25, 0.3) is 7.82 Å². The Balaban J connectivity index is 4.25. The number of allylic oxidation sites excluding steroid dienone is 5. The molecule has 0 aromatic rings. The van der Waals surface area contributed by atoms with E-state index in [0.717, 1.165) is 38.5 Å². The molecule has 372 valence electrons. The van der Waals surface area contributed by atoms with Gasteiger partial charge in [0, 0.05) is 6.42 Å². The fraction of sp³-hybridized carbons (Fsp3) is 0.870. The SMILES string of the molecule is CCCCCCCCCCCC/C=C/CC/C=C/C(O)C(COP(=O)([O-])OCC[N+](C)(C)C)NC(=O)CCCCCCCCCCC/C=C\CCCCCCCCCCCCCC. The third-order valence-electron chi connectivity index (χ3n) is 12.1. The summed E-state index contributed by atoms with van der Waals surface area (Å²) in [7, 11) is 1.25. The Morgan fingerprint density at radius 2 is 0.889 bits per heavy atom. The van der Waals surface area contributed by atoms with Gasteiger partial charge in [-0.05, 0) is 57.8 Å². The quantitative estimate of drug-likeness (QED) is 0.0272. The Bertz CT molecular complexity index is 1120. The number of nitrogens with one attached hydrogen (secondary N) is 1. The molecule has 0 fully saturated rings. The number of carbonyl (C=O) groups excluding carboxylic acids is 1. The number of likely N-dealkylation sites (N-methyl/N-ethyl adjacent to an activating group) is 1. The highest BCUT2D eigenvalue weighted by atomic mass is 31.2. The molecule has 0 saturated heterocycles. The highest BCUT2D eigenvalue weighted by molar-refractivity contribution is 7.45. The van der Waals surface area contributed by atoms with Crippen LogP contribution < -0.4 is 10.2 Å². The summed E-state index contributed by atoms with van der Waals surface area (Å²) in [6.45, 7) is 4.64. The fourth-order valence-electron chi connectivity index (χ4n) is 7.81. The topological polar surface area (TPSA) is 108 Å². The summed E-state index contributed by atoms with van der Waals surface area (Å²) in [5.74, 6) is -0.208. The van der Waals surface area contributed by atoms with E-state index in [4.69, 9.17) is 9.05 Å². The monoisotopic (exact) mass is 909 g/mol. The van der Waals surface area contributed by atoms with Crippen LogP contribution in [0.15, 0.2) is 36.5 Å². The van der Waals surface area contributed by atoms with Crippen LogP contribution in [-0.4, -0.2) is 68.5 Å². The number of aliphatic hydroxyl groups excluding tert-OH is 1. The lowest BCUT2D eigenvalue weighted by Gasteiger charge is -2.29. The van der Waals surface area contributed by atoms with Gasteiger partial charge in [-0.1, -0.05) is 224 Å². The van der Waals surface area contributed by atoms with Gasteiger partial charge in [-0.25, -0.2) is 0 Å². The largest absolute Gasteiger partial charge is 0.756 e. The van der Waals surface area contributed by atoms with Crippen molar-refractivity contribution in [2.45, 2.75) is 264 Å². The summed E-state index contributed by atoms with van der Waals surface area (Å²) in [4.78, 5) is 25.4. The Hall–Kier alpha value is -1.28. The molecule has 0 aliphatic heterocycles. The van der Waals surface area contributed by atoms with Gasteiger partial charge in [0.15, 0.2) is 0 Å². The average Bonchev–Trinajstić information content (AvgIpc) is 3.24. The normalized spacial score (nSPS) is 14.3. The third kappa shape index (κ3) is 48.5. The first-order chi connectivity index (χ1) is 30.5. The van der Waals surface area contributed by atoms with Crippen molar-refractivity contribution in [2.24, 2.45) is 0 Å². The molecule has 3 unspecified atom stereocenters. The maximum absolute atomic E-state index is 12.9. The van der Waals surface area contributed by atoms with Gasteiger partial charge in [-0.2, -0.15) is 0 Å². The van der Waals surface area contributed by atoms with Crippen LogP contribution in [0.4, 0.5) is 0 Å². The van der Waals surface area contributed by atoms with Crippen molar-refractivity contribution in [1.82, 2.24) is 5.32 Å². The number of carbonyl (C=O) groups is 1. The van der Waals surface area contributed by atoms with Crippen LogP contribution >= 0.6 is 7.82 Å². The van der Waals surface area contributed by atoms with Gasteiger partial charge < -0.3 is 28.8 Å². The maximum atomic E-state index is 12.9. The number of rotatable bonds is 49. The lowest BCUT2D eigenvalue weighted by atomic mass is 10.0. The van der Waals surface area contributed by atoms with Crippen LogP contribution in [0.1, 0.15) is 251 Å². The first-order valence-electron chi connectivity index (χ1n) is 26.9. The molecule has 2 N–H and O–H groups in total. The predicted octanol–water partition coefficient (Wildman–Crippen LogP) is 15.2. The second kappa shape index (κ2) is 45.9. The molecule has 63 heavy (non-hydrogen) atoms. The van der Waals surface area contributed by atoms with E-state index in [0.29, 0.717) is 17.4 Å². The van der Waals surface area contributed by atoms with E-state index in [9.17, 15) is 19.4 Å². The molecule has 0 aromatic carbocycles. The highest BCUT2D eigenvalue weighted by Crippen LogP contribution is 2.38. The molecule has 1 amide bonds. The third-order valence-corrected chi connectivity index (χ3v) is 13.0. The molecule has 0 saturated carbocycles. The Morgan fingerprint density at radius 3 is 1.29 bits per heavy atom. The van der Waals surface area contributed by atoms with Crippen molar-refractivity contribution in [1.29, 1.82) is 0 Å². The first-order valence-corrected chi connectivity index (χ1v) is 28.3. The number of nitrogens with zero attached hydrogens (tertiary/aromatic N) is 1. The summed E-state index contributed by atoms with van der Waals surface area (Å²) in [5, 5.41) is 13.8. The van der Waals surface area contributed by atoms with E-state index in [2.05, 4.69) is 43.5 Å². The molecule has 0 heterocycles. The number of amides is 1. The fourth-order valence-corrected chi connectivity index (χ4v) is 8.53. The summed E-state index contributed by atoms with van der Waals surface area (Å²) >= 11 is 0. The number of hydrogen-bond donors (Lipinski definition) is 2. The first kappa shape index (κ1) is 61.7. The molecular formula is C54H105N2O6P. The standard InChI is InChI=1S/C54H105N2O6P/c1-6-8-10-12-14-16-18-20-22-24-25-26-27-28-29-30-31-32-34-36-38-40-42-44-46-48-54(58)55-52(51-62-63(59,60)61-50-49-56(3,4)5)53(57)47-45-43-41-39-37-35-33-23-21-19-17-15-13-11-9-7-2/h28-29,37,39,45,47,52-53,57H,6-27,30-36,38,40-44,46,48-51H2,1-5H3,(H-,55,58,59,60)/b29-28-,39-37+,47-45+. The number of quaternary nitrogens is 1. The van der Waals surface area contributed by atoms with Crippen LogP contribution in [0, 0.1) is 0 Å². The zero-order valence-corrected chi connectivity index (χ0v) is 43.2. The Kier molecular flexibility index (Phi) is 44.9. The number of phosphoric ester groups is 1. The lowest BCUT2D eigenvalue weighted by Crippen LogP contribution is -2.45. The molecule has 0 rings (SSSR count). The maximum Gasteiger partial charge on any atom is 0.268 e. The van der Waals surface area contributed by atoms with E-state index < -0.39 is 26.6 Å². The zero-order chi connectivity index (χ0) is 46.4. The van der Waals surface area contributed by atoms with Crippen LogP contribution in [0.25, 0.3) is 0 Å².